The van der Waals surface area contributed by atoms with Crippen LogP contribution in [0.3, 0.4) is 0 Å². The van der Waals surface area contributed by atoms with E-state index in [0.717, 1.165) is 5.69 Å². The number of amides is 1. The molecule has 2 aromatic rings. The summed E-state index contributed by atoms with van der Waals surface area (Å²) >= 11 is 6.00. The first-order chi connectivity index (χ1) is 10.9. The van der Waals surface area contributed by atoms with Crippen LogP contribution in [0.4, 0.5) is 0 Å². The van der Waals surface area contributed by atoms with Crippen molar-refractivity contribution in [1.82, 2.24) is 19.9 Å². The molecule has 3 rings (SSSR count). The number of hydrogen-bond acceptors (Lipinski definition) is 4. The van der Waals surface area contributed by atoms with Crippen LogP contribution in [0.1, 0.15) is 30.0 Å². The molecule has 122 valence electrons. The van der Waals surface area contributed by atoms with E-state index in [2.05, 4.69) is 10.2 Å². The highest BCUT2D eigenvalue weighted by molar-refractivity contribution is 6.30. The molecular weight excluding hydrogens is 316 g/mol. The summed E-state index contributed by atoms with van der Waals surface area (Å²) < 4.78 is 5.67. The third-order valence-corrected chi connectivity index (χ3v) is 3.97. The van der Waals surface area contributed by atoms with Gasteiger partial charge in [-0.15, -0.1) is 5.10 Å². The Hall–Kier alpha value is -1.92. The van der Waals surface area contributed by atoms with Gasteiger partial charge >= 0.3 is 0 Å². The van der Waals surface area contributed by atoms with Gasteiger partial charge in [-0.1, -0.05) is 17.7 Å². The van der Waals surface area contributed by atoms with Gasteiger partial charge in [-0.05, 0) is 39.0 Å². The molecule has 0 aliphatic carbocycles. The van der Waals surface area contributed by atoms with Crippen molar-refractivity contribution >= 4 is 17.5 Å². The minimum atomic E-state index is -0.113. The molecule has 1 amide bonds. The third kappa shape index (κ3) is 3.38. The van der Waals surface area contributed by atoms with E-state index in [4.69, 9.17) is 16.3 Å². The molecule has 2 atom stereocenters. The van der Waals surface area contributed by atoms with E-state index in [0.29, 0.717) is 29.5 Å². The van der Waals surface area contributed by atoms with E-state index in [1.165, 1.54) is 4.80 Å². The van der Waals surface area contributed by atoms with Crippen molar-refractivity contribution in [3.8, 4) is 5.69 Å². The Bertz CT molecular complexity index is 721. The van der Waals surface area contributed by atoms with Gasteiger partial charge in [0, 0.05) is 18.1 Å². The summed E-state index contributed by atoms with van der Waals surface area (Å²) in [4.78, 5) is 16.0. The quantitative estimate of drug-likeness (QED) is 0.846. The van der Waals surface area contributed by atoms with Crippen molar-refractivity contribution in [2.24, 2.45) is 0 Å². The van der Waals surface area contributed by atoms with Gasteiger partial charge in [-0.2, -0.15) is 9.90 Å². The number of benzene rings is 1. The smallest absolute Gasteiger partial charge is 0.276 e. The van der Waals surface area contributed by atoms with Gasteiger partial charge in [0.1, 0.15) is 0 Å². The van der Waals surface area contributed by atoms with Crippen LogP contribution in [-0.2, 0) is 4.74 Å². The molecule has 1 aromatic heterocycles. The minimum Gasteiger partial charge on any atom is -0.372 e. The molecular formula is C16H19ClN4O2. The second-order valence-corrected chi connectivity index (χ2v) is 6.31. The third-order valence-electron chi connectivity index (χ3n) is 3.73. The zero-order valence-corrected chi connectivity index (χ0v) is 14.1. The van der Waals surface area contributed by atoms with Gasteiger partial charge in [0.15, 0.2) is 5.69 Å². The number of hydrogen-bond donors (Lipinski definition) is 0. The van der Waals surface area contributed by atoms with E-state index in [1.807, 2.05) is 26.0 Å². The van der Waals surface area contributed by atoms with Crippen LogP contribution < -0.4 is 0 Å². The highest BCUT2D eigenvalue weighted by atomic mass is 35.5. The molecule has 23 heavy (non-hydrogen) atoms. The summed E-state index contributed by atoms with van der Waals surface area (Å²) in [6.07, 6.45) is 0.0389. The van der Waals surface area contributed by atoms with Gasteiger partial charge in [0.05, 0.1) is 23.6 Å². The molecule has 0 unspecified atom stereocenters. The maximum Gasteiger partial charge on any atom is 0.276 e. The zero-order chi connectivity index (χ0) is 16.6. The molecule has 2 heterocycles. The predicted octanol–water partition coefficient (Wildman–Crippen LogP) is 2.48. The highest BCUT2D eigenvalue weighted by Gasteiger charge is 2.29. The largest absolute Gasteiger partial charge is 0.372 e. The summed E-state index contributed by atoms with van der Waals surface area (Å²) in [5.74, 6) is -0.113. The molecule has 1 aliphatic heterocycles. The van der Waals surface area contributed by atoms with E-state index >= 15 is 0 Å². The maximum absolute atomic E-state index is 12.8. The Labute approximate surface area is 140 Å². The fourth-order valence-corrected chi connectivity index (χ4v) is 2.97. The average Bonchev–Trinajstić information content (AvgIpc) is 2.87. The molecule has 6 nitrogen and oxygen atoms in total. The van der Waals surface area contributed by atoms with Gasteiger partial charge in [-0.25, -0.2) is 0 Å². The maximum atomic E-state index is 12.8. The first-order valence-corrected chi connectivity index (χ1v) is 7.96. The lowest BCUT2D eigenvalue weighted by molar-refractivity contribution is -0.0587. The summed E-state index contributed by atoms with van der Waals surface area (Å²) in [5.41, 5.74) is 1.69. The van der Waals surface area contributed by atoms with Crippen LogP contribution in [-0.4, -0.2) is 51.1 Å². The Kier molecular flexibility index (Phi) is 4.37. The van der Waals surface area contributed by atoms with Crippen LogP contribution in [0, 0.1) is 6.92 Å². The topological polar surface area (TPSA) is 60.2 Å². The highest BCUT2D eigenvalue weighted by Crippen LogP contribution is 2.17. The number of ether oxygens (including phenoxy) is 1. The van der Waals surface area contributed by atoms with Crippen molar-refractivity contribution in [3.63, 3.8) is 0 Å². The second kappa shape index (κ2) is 6.29. The number of nitrogens with zero attached hydrogens (tertiary/aromatic N) is 4. The molecule has 1 aromatic carbocycles. The van der Waals surface area contributed by atoms with Crippen LogP contribution in [0.2, 0.25) is 5.02 Å². The number of halogens is 1. The summed E-state index contributed by atoms with van der Waals surface area (Å²) in [6, 6.07) is 7.21. The Morgan fingerprint density at radius 1 is 1.26 bits per heavy atom. The molecule has 7 heteroatoms. The molecule has 1 fully saturated rings. The summed E-state index contributed by atoms with van der Waals surface area (Å²) in [6.45, 7) is 6.84. The Morgan fingerprint density at radius 3 is 2.61 bits per heavy atom. The number of rotatable bonds is 2. The van der Waals surface area contributed by atoms with Crippen LogP contribution in [0.25, 0.3) is 5.69 Å². The normalized spacial score (nSPS) is 21.5. The van der Waals surface area contributed by atoms with E-state index in [9.17, 15) is 4.79 Å². The summed E-state index contributed by atoms with van der Waals surface area (Å²) in [7, 11) is 0. The number of carbonyl (C=O) groups is 1. The molecule has 0 saturated carbocycles. The van der Waals surface area contributed by atoms with Crippen molar-refractivity contribution < 1.29 is 9.53 Å². The fraction of sp³-hybridized carbons (Fsp3) is 0.438. The predicted molar refractivity (Wildman–Crippen MR) is 87.0 cm³/mol. The van der Waals surface area contributed by atoms with E-state index < -0.39 is 0 Å². The molecule has 0 N–H and O–H groups in total. The van der Waals surface area contributed by atoms with E-state index in [1.54, 1.807) is 24.0 Å². The first-order valence-electron chi connectivity index (χ1n) is 7.58. The standard InChI is InChI=1S/C16H19ClN4O2/c1-10-8-20(9-11(2)23-10)16(22)15-12(3)18-21(19-15)14-6-4-5-13(17)7-14/h4-7,10-11H,8-9H2,1-3H3/t10-,11-/m1/s1. The van der Waals surface area contributed by atoms with Crippen LogP contribution in [0.5, 0.6) is 0 Å². The molecule has 0 bridgehead atoms. The Balaban J connectivity index is 1.87. The summed E-state index contributed by atoms with van der Waals surface area (Å²) in [5, 5.41) is 9.30. The second-order valence-electron chi connectivity index (χ2n) is 5.87. The van der Waals surface area contributed by atoms with Gasteiger partial charge in [0.2, 0.25) is 0 Å². The van der Waals surface area contributed by atoms with E-state index in [-0.39, 0.29) is 18.1 Å². The molecule has 1 saturated heterocycles. The first kappa shape index (κ1) is 16.0. The van der Waals surface area contributed by atoms with Crippen molar-refractivity contribution in [3.05, 3.63) is 40.7 Å². The minimum absolute atomic E-state index is 0.0194. The number of morpholine rings is 1. The molecule has 0 radical (unpaired) electrons. The van der Waals surface area contributed by atoms with Gasteiger partial charge < -0.3 is 9.64 Å². The van der Waals surface area contributed by atoms with Crippen molar-refractivity contribution in [2.75, 3.05) is 13.1 Å². The SMILES string of the molecule is Cc1nn(-c2cccc(Cl)c2)nc1C(=O)N1C[C@@H](C)O[C@H](C)C1. The van der Waals surface area contributed by atoms with Crippen molar-refractivity contribution in [2.45, 2.75) is 33.0 Å². The average molecular weight is 335 g/mol. The molecule has 1 aliphatic rings. The monoisotopic (exact) mass is 334 g/mol. The van der Waals surface area contributed by atoms with Crippen LogP contribution >= 0.6 is 11.6 Å². The number of carbonyl (C=O) groups excluding carboxylic acids is 1. The van der Waals surface area contributed by atoms with Gasteiger partial charge in [0.25, 0.3) is 5.91 Å². The lowest BCUT2D eigenvalue weighted by atomic mass is 10.2. The number of aryl methyl sites for hydroxylation is 1. The fourth-order valence-electron chi connectivity index (χ4n) is 2.79. The molecule has 0 spiro atoms. The zero-order valence-electron chi connectivity index (χ0n) is 13.4. The lowest BCUT2D eigenvalue weighted by Crippen LogP contribution is -2.48. The van der Waals surface area contributed by atoms with Crippen molar-refractivity contribution in [1.29, 1.82) is 0 Å². The van der Waals surface area contributed by atoms with Crippen LogP contribution in [0.15, 0.2) is 24.3 Å². The Morgan fingerprint density at radius 2 is 1.96 bits per heavy atom. The van der Waals surface area contributed by atoms with Gasteiger partial charge in [-0.3, -0.25) is 4.79 Å². The number of aromatic nitrogens is 3. The lowest BCUT2D eigenvalue weighted by Gasteiger charge is -2.34.